The van der Waals surface area contributed by atoms with Gasteiger partial charge in [-0.05, 0) is 50.3 Å². The van der Waals surface area contributed by atoms with Gasteiger partial charge < -0.3 is 9.73 Å². The first kappa shape index (κ1) is 20.2. The summed E-state index contributed by atoms with van der Waals surface area (Å²) in [6, 6.07) is 5.91. The second kappa shape index (κ2) is 9.15. The van der Waals surface area contributed by atoms with Crippen molar-refractivity contribution in [3.05, 3.63) is 39.7 Å². The molecule has 0 saturated heterocycles. The van der Waals surface area contributed by atoms with Crippen molar-refractivity contribution in [1.29, 1.82) is 5.26 Å². The number of amides is 1. The predicted octanol–water partition coefficient (Wildman–Crippen LogP) is 3.69. The van der Waals surface area contributed by atoms with Crippen LogP contribution >= 0.6 is 23.1 Å². The monoisotopic (exact) mass is 441 g/mol. The fraction of sp³-hybridized carbons (Fsp3) is 0.316. The molecule has 30 heavy (non-hydrogen) atoms. The molecule has 0 unspecified atom stereocenters. The zero-order valence-electron chi connectivity index (χ0n) is 16.2. The van der Waals surface area contributed by atoms with Crippen LogP contribution in [0, 0.1) is 18.3 Å². The Bertz CT molecular complexity index is 1120. The van der Waals surface area contributed by atoms with Crippen LogP contribution in [0.4, 0.5) is 10.9 Å². The van der Waals surface area contributed by atoms with Gasteiger partial charge in [0.1, 0.15) is 22.6 Å². The molecule has 0 fully saturated rings. The lowest BCUT2D eigenvalue weighted by Gasteiger charge is -2.09. The van der Waals surface area contributed by atoms with Crippen LogP contribution in [-0.2, 0) is 17.6 Å². The molecule has 0 spiro atoms. The number of carbonyl (C=O) groups is 1. The summed E-state index contributed by atoms with van der Waals surface area (Å²) in [5.74, 6) is 1.73. The SMILES string of the molecule is Cc1ccc(/C=N/Nc2nc(SCC(=O)Nc3sc4c(c3C#N)CCCC4)n[nH]2)o1. The van der Waals surface area contributed by atoms with Crippen LogP contribution in [-0.4, -0.2) is 33.1 Å². The van der Waals surface area contributed by atoms with Gasteiger partial charge in [0.05, 0.1) is 17.5 Å². The second-order valence-electron chi connectivity index (χ2n) is 6.65. The van der Waals surface area contributed by atoms with E-state index in [1.165, 1.54) is 34.2 Å². The Kier molecular flexibility index (Phi) is 6.15. The molecule has 0 radical (unpaired) electrons. The van der Waals surface area contributed by atoms with Crippen molar-refractivity contribution in [2.45, 2.75) is 37.8 Å². The van der Waals surface area contributed by atoms with Gasteiger partial charge in [-0.1, -0.05) is 11.8 Å². The van der Waals surface area contributed by atoms with Crippen molar-refractivity contribution in [2.75, 3.05) is 16.5 Å². The zero-order valence-corrected chi connectivity index (χ0v) is 17.8. The summed E-state index contributed by atoms with van der Waals surface area (Å²) in [5.41, 5.74) is 4.44. The summed E-state index contributed by atoms with van der Waals surface area (Å²) >= 11 is 2.71. The number of thiophene rings is 1. The van der Waals surface area contributed by atoms with Crippen LogP contribution in [0.2, 0.25) is 0 Å². The Hall–Kier alpha value is -3.10. The van der Waals surface area contributed by atoms with Crippen LogP contribution in [0.15, 0.2) is 26.8 Å². The number of aryl methyl sites for hydroxylation is 2. The minimum atomic E-state index is -0.194. The van der Waals surface area contributed by atoms with Gasteiger partial charge in [-0.3, -0.25) is 4.79 Å². The third-order valence-corrected chi connectivity index (χ3v) is 6.51. The molecule has 3 aromatic heterocycles. The summed E-state index contributed by atoms with van der Waals surface area (Å²) in [7, 11) is 0. The number of H-pyrrole nitrogens is 1. The number of furan rings is 1. The summed E-state index contributed by atoms with van der Waals surface area (Å²) in [4.78, 5) is 17.8. The molecule has 0 atom stereocenters. The first-order valence-electron chi connectivity index (χ1n) is 9.37. The Labute approximate surface area is 181 Å². The van der Waals surface area contributed by atoms with Crippen LogP contribution in [0.3, 0.4) is 0 Å². The Morgan fingerprint density at radius 2 is 2.33 bits per heavy atom. The van der Waals surface area contributed by atoms with Crippen molar-refractivity contribution >= 4 is 46.2 Å². The number of nitrogens with one attached hydrogen (secondary N) is 3. The molecular weight excluding hydrogens is 422 g/mol. The van der Waals surface area contributed by atoms with E-state index in [0.717, 1.165) is 37.0 Å². The molecule has 3 aromatic rings. The largest absolute Gasteiger partial charge is 0.460 e. The maximum absolute atomic E-state index is 12.4. The highest BCUT2D eigenvalue weighted by Gasteiger charge is 2.21. The van der Waals surface area contributed by atoms with Gasteiger partial charge in [-0.15, -0.1) is 16.4 Å². The number of fused-ring (bicyclic) bond motifs is 1. The molecule has 4 rings (SSSR count). The first-order chi connectivity index (χ1) is 14.6. The number of anilines is 2. The number of aromatic nitrogens is 3. The summed E-state index contributed by atoms with van der Waals surface area (Å²) in [6.07, 6.45) is 5.65. The third kappa shape index (κ3) is 4.72. The van der Waals surface area contributed by atoms with Crippen molar-refractivity contribution in [1.82, 2.24) is 15.2 Å². The number of carbonyl (C=O) groups excluding carboxylic acids is 1. The average molecular weight is 442 g/mol. The van der Waals surface area contributed by atoms with Gasteiger partial charge in [-0.25, -0.2) is 10.5 Å². The van der Waals surface area contributed by atoms with Crippen LogP contribution < -0.4 is 10.7 Å². The summed E-state index contributed by atoms with van der Waals surface area (Å²) in [5, 5.41) is 24.2. The van der Waals surface area contributed by atoms with Gasteiger partial charge in [-0.2, -0.15) is 15.3 Å². The van der Waals surface area contributed by atoms with Crippen LogP contribution in [0.5, 0.6) is 0 Å². The fourth-order valence-electron chi connectivity index (χ4n) is 3.11. The molecule has 0 bridgehead atoms. The number of hydrogen-bond acceptors (Lipinski definition) is 9. The number of hydrazone groups is 1. The number of thioether (sulfide) groups is 1. The minimum absolute atomic E-state index is 0.139. The average Bonchev–Trinajstić information content (AvgIpc) is 3.45. The van der Waals surface area contributed by atoms with E-state index in [1.54, 1.807) is 0 Å². The molecule has 1 amide bonds. The summed E-state index contributed by atoms with van der Waals surface area (Å²) in [6.45, 7) is 1.86. The van der Waals surface area contributed by atoms with E-state index >= 15 is 0 Å². The van der Waals surface area contributed by atoms with E-state index < -0.39 is 0 Å². The highest BCUT2D eigenvalue weighted by molar-refractivity contribution is 7.99. The lowest BCUT2D eigenvalue weighted by Crippen LogP contribution is -2.14. The highest BCUT2D eigenvalue weighted by Crippen LogP contribution is 2.37. The lowest BCUT2D eigenvalue weighted by molar-refractivity contribution is -0.113. The van der Waals surface area contributed by atoms with E-state index in [1.807, 2.05) is 19.1 Å². The number of hydrogen-bond donors (Lipinski definition) is 3. The molecule has 9 nitrogen and oxygen atoms in total. The lowest BCUT2D eigenvalue weighted by atomic mass is 9.96. The van der Waals surface area contributed by atoms with Gasteiger partial charge >= 0.3 is 0 Å². The minimum Gasteiger partial charge on any atom is -0.460 e. The van der Waals surface area contributed by atoms with Crippen molar-refractivity contribution in [2.24, 2.45) is 5.10 Å². The van der Waals surface area contributed by atoms with Crippen LogP contribution in [0.25, 0.3) is 0 Å². The molecule has 154 valence electrons. The number of nitriles is 1. The number of aromatic amines is 1. The molecule has 1 aliphatic rings. The quantitative estimate of drug-likeness (QED) is 0.289. The maximum Gasteiger partial charge on any atom is 0.240 e. The second-order valence-corrected chi connectivity index (χ2v) is 8.70. The van der Waals surface area contributed by atoms with E-state index in [0.29, 0.717) is 27.4 Å². The molecule has 3 heterocycles. The van der Waals surface area contributed by atoms with E-state index in [9.17, 15) is 10.1 Å². The van der Waals surface area contributed by atoms with E-state index in [-0.39, 0.29) is 11.7 Å². The first-order valence-corrected chi connectivity index (χ1v) is 11.2. The standard InChI is InChI=1S/C19H19N7O2S2/c1-11-6-7-12(28-11)9-21-24-18-23-19(26-25-18)29-10-16(27)22-17-14(8-20)13-4-2-3-5-15(13)30-17/h6-7,9H,2-5,10H2,1H3,(H,22,27)(H2,23,24,25,26)/b21-9+. The van der Waals surface area contributed by atoms with Gasteiger partial charge in [0, 0.05) is 4.88 Å². The van der Waals surface area contributed by atoms with E-state index in [4.69, 9.17) is 4.42 Å². The molecular formula is C19H19N7O2S2. The smallest absolute Gasteiger partial charge is 0.240 e. The molecule has 0 aliphatic heterocycles. The Morgan fingerprint density at radius 1 is 1.47 bits per heavy atom. The molecule has 11 heteroatoms. The summed E-state index contributed by atoms with van der Waals surface area (Å²) < 4.78 is 5.38. The van der Waals surface area contributed by atoms with Crippen molar-refractivity contribution in [3.63, 3.8) is 0 Å². The topological polar surface area (TPSA) is 132 Å². The van der Waals surface area contributed by atoms with Gasteiger partial charge in [0.15, 0.2) is 0 Å². The van der Waals surface area contributed by atoms with Gasteiger partial charge in [0.25, 0.3) is 0 Å². The number of rotatable bonds is 7. The maximum atomic E-state index is 12.4. The fourth-order valence-corrected chi connectivity index (χ4v) is 4.96. The molecule has 3 N–H and O–H groups in total. The van der Waals surface area contributed by atoms with E-state index in [2.05, 4.69) is 37.1 Å². The highest BCUT2D eigenvalue weighted by atomic mass is 32.2. The predicted molar refractivity (Wildman–Crippen MR) is 116 cm³/mol. The van der Waals surface area contributed by atoms with Crippen molar-refractivity contribution in [3.8, 4) is 6.07 Å². The van der Waals surface area contributed by atoms with Gasteiger partial charge in [0.2, 0.25) is 17.0 Å². The molecule has 0 aromatic carbocycles. The molecule has 1 aliphatic carbocycles. The normalized spacial score (nSPS) is 13.2. The third-order valence-electron chi connectivity index (χ3n) is 4.46. The molecule has 0 saturated carbocycles. The zero-order chi connectivity index (χ0) is 20.9. The Balaban J connectivity index is 1.29. The number of nitrogens with zero attached hydrogens (tertiary/aromatic N) is 4. The Morgan fingerprint density at radius 3 is 3.13 bits per heavy atom. The van der Waals surface area contributed by atoms with Crippen molar-refractivity contribution < 1.29 is 9.21 Å². The van der Waals surface area contributed by atoms with Crippen LogP contribution in [0.1, 0.15) is 40.4 Å².